The van der Waals surface area contributed by atoms with Gasteiger partial charge >= 0.3 is 12.1 Å². The van der Waals surface area contributed by atoms with Crippen molar-refractivity contribution in [2.24, 2.45) is 0 Å². The molecule has 1 heterocycles. The molecule has 0 aliphatic carbocycles. The second-order valence-electron chi connectivity index (χ2n) is 4.29. The number of hydrogen-bond acceptors (Lipinski definition) is 2. The molecule has 0 bridgehead atoms. The molecule has 0 unspecified atom stereocenters. The molecule has 0 amide bonds. The Balaban J connectivity index is 2.41. The lowest BCUT2D eigenvalue weighted by atomic mass is 10.1. The molecular weight excluding hydrogens is 281 g/mol. The fraction of sp³-hybridized carbons (Fsp3) is 0.250. The molecular formula is C12H10F5N3. The maximum Gasteiger partial charge on any atom is 0.458 e. The van der Waals surface area contributed by atoms with Crippen LogP contribution in [0, 0.1) is 6.92 Å². The highest BCUT2D eigenvalue weighted by molar-refractivity contribution is 5.51. The van der Waals surface area contributed by atoms with E-state index in [2.05, 4.69) is 5.10 Å². The van der Waals surface area contributed by atoms with E-state index >= 15 is 0 Å². The third kappa shape index (κ3) is 2.33. The van der Waals surface area contributed by atoms with Crippen LogP contribution in [0.4, 0.5) is 27.6 Å². The number of halogens is 5. The molecule has 8 heteroatoms. The fourth-order valence-electron chi connectivity index (χ4n) is 1.59. The van der Waals surface area contributed by atoms with Crippen molar-refractivity contribution in [3.05, 3.63) is 41.7 Å². The molecule has 0 fully saturated rings. The van der Waals surface area contributed by atoms with Gasteiger partial charge in [-0.3, -0.25) is 0 Å². The lowest BCUT2D eigenvalue weighted by Gasteiger charge is -2.17. The first-order chi connectivity index (χ1) is 9.13. The van der Waals surface area contributed by atoms with Crippen molar-refractivity contribution in [3.8, 4) is 5.69 Å². The van der Waals surface area contributed by atoms with Crippen LogP contribution >= 0.6 is 0 Å². The minimum Gasteiger partial charge on any atom is -0.399 e. The highest BCUT2D eigenvalue weighted by atomic mass is 19.4. The van der Waals surface area contributed by atoms with Crippen molar-refractivity contribution < 1.29 is 22.0 Å². The Morgan fingerprint density at radius 2 is 1.80 bits per heavy atom. The van der Waals surface area contributed by atoms with E-state index in [1.807, 2.05) is 0 Å². The van der Waals surface area contributed by atoms with Gasteiger partial charge in [-0.2, -0.15) is 27.1 Å². The lowest BCUT2D eigenvalue weighted by Crippen LogP contribution is -2.33. The zero-order valence-electron chi connectivity index (χ0n) is 10.2. The van der Waals surface area contributed by atoms with Crippen molar-refractivity contribution in [1.29, 1.82) is 0 Å². The van der Waals surface area contributed by atoms with Crippen LogP contribution in [0.15, 0.2) is 30.6 Å². The Labute approximate surface area is 110 Å². The van der Waals surface area contributed by atoms with E-state index in [9.17, 15) is 22.0 Å². The predicted molar refractivity (Wildman–Crippen MR) is 62.7 cm³/mol. The Hall–Kier alpha value is -2.12. The third-order valence-corrected chi connectivity index (χ3v) is 2.82. The molecule has 2 N–H and O–H groups in total. The van der Waals surface area contributed by atoms with Crippen molar-refractivity contribution in [2.75, 3.05) is 5.73 Å². The molecule has 0 aliphatic heterocycles. The summed E-state index contributed by atoms with van der Waals surface area (Å²) in [5, 5.41) is 3.53. The first-order valence-corrected chi connectivity index (χ1v) is 5.49. The highest BCUT2D eigenvalue weighted by Gasteiger charge is 2.59. The summed E-state index contributed by atoms with van der Waals surface area (Å²) in [7, 11) is 0. The van der Waals surface area contributed by atoms with Gasteiger partial charge in [0.25, 0.3) is 0 Å². The lowest BCUT2D eigenvalue weighted by molar-refractivity contribution is -0.289. The molecule has 0 saturated carbocycles. The standard InChI is InChI=1S/C12H10F5N3/c1-7-4-9(2-3-10(7)18)20-6-8(5-19-20)11(13,14)12(15,16)17/h2-6H,18H2,1H3. The molecule has 3 nitrogen and oxygen atoms in total. The van der Waals surface area contributed by atoms with Gasteiger partial charge in [0.1, 0.15) is 0 Å². The van der Waals surface area contributed by atoms with E-state index in [1.165, 1.54) is 18.2 Å². The highest BCUT2D eigenvalue weighted by Crippen LogP contribution is 2.43. The Morgan fingerprint density at radius 3 is 2.35 bits per heavy atom. The zero-order valence-corrected chi connectivity index (χ0v) is 10.2. The van der Waals surface area contributed by atoms with Gasteiger partial charge in [0.2, 0.25) is 0 Å². The number of rotatable bonds is 2. The maximum absolute atomic E-state index is 13.1. The van der Waals surface area contributed by atoms with E-state index in [0.29, 0.717) is 29.3 Å². The number of nitrogens with two attached hydrogens (primary N) is 1. The summed E-state index contributed by atoms with van der Waals surface area (Å²) in [6, 6.07) is 4.54. The molecule has 2 aromatic rings. The molecule has 2 rings (SSSR count). The van der Waals surface area contributed by atoms with Crippen LogP contribution in [-0.4, -0.2) is 16.0 Å². The van der Waals surface area contributed by atoms with Gasteiger partial charge in [-0.15, -0.1) is 0 Å². The number of nitrogen functional groups attached to an aromatic ring is 1. The van der Waals surface area contributed by atoms with Crippen LogP contribution in [0.5, 0.6) is 0 Å². The SMILES string of the molecule is Cc1cc(-n2cc(C(F)(F)C(F)(F)F)cn2)ccc1N. The largest absolute Gasteiger partial charge is 0.458 e. The Kier molecular flexibility index (Phi) is 3.19. The molecule has 1 aromatic carbocycles. The minimum absolute atomic E-state index is 0.348. The van der Waals surface area contributed by atoms with Crippen molar-refractivity contribution in [1.82, 2.24) is 9.78 Å². The van der Waals surface area contributed by atoms with E-state index in [0.717, 1.165) is 4.68 Å². The summed E-state index contributed by atoms with van der Waals surface area (Å²) >= 11 is 0. The molecule has 0 saturated heterocycles. The molecule has 20 heavy (non-hydrogen) atoms. The second-order valence-corrected chi connectivity index (χ2v) is 4.29. The third-order valence-electron chi connectivity index (χ3n) is 2.82. The first kappa shape index (κ1) is 14.3. The van der Waals surface area contributed by atoms with E-state index in [4.69, 9.17) is 5.73 Å². The number of aryl methyl sites for hydroxylation is 1. The number of alkyl halides is 5. The maximum atomic E-state index is 13.1. The summed E-state index contributed by atoms with van der Waals surface area (Å²) in [6.07, 6.45) is -4.50. The van der Waals surface area contributed by atoms with Crippen LogP contribution in [0.2, 0.25) is 0 Å². The van der Waals surface area contributed by atoms with Gasteiger partial charge in [-0.1, -0.05) is 0 Å². The number of hydrogen-bond donors (Lipinski definition) is 1. The minimum atomic E-state index is -5.65. The molecule has 1 aromatic heterocycles. The quantitative estimate of drug-likeness (QED) is 0.680. The van der Waals surface area contributed by atoms with Crippen LogP contribution in [-0.2, 0) is 5.92 Å². The smallest absolute Gasteiger partial charge is 0.399 e. The number of nitrogens with zero attached hydrogens (tertiary/aromatic N) is 2. The van der Waals surface area contributed by atoms with E-state index < -0.39 is 17.7 Å². The van der Waals surface area contributed by atoms with Gasteiger partial charge in [-0.25, -0.2) is 4.68 Å². The fourth-order valence-corrected chi connectivity index (χ4v) is 1.59. The van der Waals surface area contributed by atoms with Crippen LogP contribution < -0.4 is 5.73 Å². The van der Waals surface area contributed by atoms with Gasteiger partial charge in [-0.05, 0) is 30.7 Å². The molecule has 0 atom stereocenters. The van der Waals surface area contributed by atoms with Gasteiger partial charge < -0.3 is 5.73 Å². The summed E-state index contributed by atoms with van der Waals surface area (Å²) in [5.74, 6) is -4.94. The summed E-state index contributed by atoms with van der Waals surface area (Å²) in [6.45, 7) is 1.69. The van der Waals surface area contributed by atoms with Gasteiger partial charge in [0.15, 0.2) is 0 Å². The van der Waals surface area contributed by atoms with Crippen LogP contribution in [0.1, 0.15) is 11.1 Å². The van der Waals surface area contributed by atoms with Gasteiger partial charge in [0.05, 0.1) is 17.4 Å². The second kappa shape index (κ2) is 4.46. The molecule has 0 spiro atoms. The molecule has 0 aliphatic rings. The molecule has 108 valence electrons. The van der Waals surface area contributed by atoms with Crippen molar-refractivity contribution in [2.45, 2.75) is 19.0 Å². The summed E-state index contributed by atoms with van der Waals surface area (Å²) in [5.41, 5.74) is 5.90. The number of benzene rings is 1. The Bertz CT molecular complexity index is 630. The van der Waals surface area contributed by atoms with Crippen LogP contribution in [0.3, 0.4) is 0 Å². The average Bonchev–Trinajstić information content (AvgIpc) is 2.81. The zero-order chi connectivity index (χ0) is 15.1. The molecule has 0 radical (unpaired) electrons. The first-order valence-electron chi connectivity index (χ1n) is 5.49. The number of aromatic nitrogens is 2. The predicted octanol–water partition coefficient (Wildman–Crippen LogP) is 3.42. The van der Waals surface area contributed by atoms with E-state index in [1.54, 1.807) is 6.92 Å². The topological polar surface area (TPSA) is 43.8 Å². The summed E-state index contributed by atoms with van der Waals surface area (Å²) < 4.78 is 64.0. The van der Waals surface area contributed by atoms with Crippen LogP contribution in [0.25, 0.3) is 5.69 Å². The van der Waals surface area contributed by atoms with Crippen molar-refractivity contribution >= 4 is 5.69 Å². The van der Waals surface area contributed by atoms with E-state index in [-0.39, 0.29) is 0 Å². The monoisotopic (exact) mass is 291 g/mol. The van der Waals surface area contributed by atoms with Gasteiger partial charge in [0, 0.05) is 11.9 Å². The summed E-state index contributed by atoms with van der Waals surface area (Å²) in [4.78, 5) is 0. The number of anilines is 1. The Morgan fingerprint density at radius 1 is 1.15 bits per heavy atom. The average molecular weight is 291 g/mol. The van der Waals surface area contributed by atoms with Crippen molar-refractivity contribution in [3.63, 3.8) is 0 Å². The normalized spacial score (nSPS) is 12.7.